The molecule has 0 aliphatic rings. The predicted octanol–water partition coefficient (Wildman–Crippen LogP) is 2.90. The van der Waals surface area contributed by atoms with E-state index in [0.29, 0.717) is 13.1 Å². The molecule has 0 atom stereocenters. The van der Waals surface area contributed by atoms with E-state index in [1.54, 1.807) is 0 Å². The van der Waals surface area contributed by atoms with E-state index in [2.05, 4.69) is 24.3 Å². The normalized spacial score (nSPS) is 11.0. The lowest BCUT2D eigenvalue weighted by Crippen LogP contribution is -2.30. The van der Waals surface area contributed by atoms with Gasteiger partial charge >= 0.3 is 0 Å². The van der Waals surface area contributed by atoms with Crippen molar-refractivity contribution in [3.63, 3.8) is 0 Å². The Labute approximate surface area is 138 Å². The van der Waals surface area contributed by atoms with Crippen LogP contribution >= 0.6 is 0 Å². The van der Waals surface area contributed by atoms with Gasteiger partial charge in [0.15, 0.2) is 0 Å². The summed E-state index contributed by atoms with van der Waals surface area (Å²) < 4.78 is 1.97. The Bertz CT molecular complexity index is 670. The monoisotopic (exact) mass is 314 g/mol. The summed E-state index contributed by atoms with van der Waals surface area (Å²) in [5.41, 5.74) is 5.41. The molecular weight excluding hydrogens is 288 g/mol. The SMILES string of the molecule is CCn1ncc(CN(C)CC(=O)Nc2c(C)cccc2C)c1C. The first-order chi connectivity index (χ1) is 10.9. The zero-order valence-electron chi connectivity index (χ0n) is 14.7. The van der Waals surface area contributed by atoms with Gasteiger partial charge in [-0.05, 0) is 45.9 Å². The van der Waals surface area contributed by atoms with Crippen LogP contribution < -0.4 is 5.32 Å². The summed E-state index contributed by atoms with van der Waals surface area (Å²) in [5, 5.41) is 7.37. The van der Waals surface area contributed by atoms with Crippen molar-refractivity contribution in [2.24, 2.45) is 0 Å². The van der Waals surface area contributed by atoms with Gasteiger partial charge in [-0.15, -0.1) is 0 Å². The molecule has 0 radical (unpaired) electrons. The molecule has 0 bridgehead atoms. The summed E-state index contributed by atoms with van der Waals surface area (Å²) in [6.07, 6.45) is 1.89. The van der Waals surface area contributed by atoms with Gasteiger partial charge in [0.05, 0.1) is 12.7 Å². The number of rotatable bonds is 6. The third kappa shape index (κ3) is 4.20. The third-order valence-corrected chi connectivity index (χ3v) is 4.10. The first-order valence-corrected chi connectivity index (χ1v) is 7.98. The Morgan fingerprint density at radius 3 is 2.48 bits per heavy atom. The van der Waals surface area contributed by atoms with Crippen LogP contribution in [-0.2, 0) is 17.9 Å². The molecule has 0 saturated carbocycles. The van der Waals surface area contributed by atoms with E-state index in [1.165, 1.54) is 0 Å². The number of nitrogens with zero attached hydrogens (tertiary/aromatic N) is 3. The van der Waals surface area contributed by atoms with Crippen molar-refractivity contribution in [1.82, 2.24) is 14.7 Å². The van der Waals surface area contributed by atoms with Crippen molar-refractivity contribution in [1.29, 1.82) is 0 Å². The number of para-hydroxylation sites is 1. The fourth-order valence-corrected chi connectivity index (χ4v) is 2.74. The summed E-state index contributed by atoms with van der Waals surface area (Å²) in [4.78, 5) is 14.3. The summed E-state index contributed by atoms with van der Waals surface area (Å²) >= 11 is 0. The molecule has 0 unspecified atom stereocenters. The van der Waals surface area contributed by atoms with Gasteiger partial charge in [-0.1, -0.05) is 18.2 Å². The lowest BCUT2D eigenvalue weighted by atomic mass is 10.1. The highest BCUT2D eigenvalue weighted by molar-refractivity contribution is 5.93. The van der Waals surface area contributed by atoms with Crippen LogP contribution in [0.4, 0.5) is 5.69 Å². The average Bonchev–Trinajstić information content (AvgIpc) is 2.83. The van der Waals surface area contributed by atoms with Crippen LogP contribution in [0.1, 0.15) is 29.3 Å². The molecule has 1 aromatic heterocycles. The molecule has 124 valence electrons. The molecule has 1 N–H and O–H groups in total. The van der Waals surface area contributed by atoms with Crippen molar-refractivity contribution < 1.29 is 4.79 Å². The third-order valence-electron chi connectivity index (χ3n) is 4.10. The minimum Gasteiger partial charge on any atom is -0.324 e. The Kier molecular flexibility index (Phi) is 5.55. The molecule has 2 rings (SSSR count). The Morgan fingerprint density at radius 1 is 1.26 bits per heavy atom. The highest BCUT2D eigenvalue weighted by Crippen LogP contribution is 2.19. The molecule has 0 spiro atoms. The largest absolute Gasteiger partial charge is 0.324 e. The standard InChI is InChI=1S/C18H26N4O/c1-6-22-15(4)16(10-19-22)11-21(5)12-17(23)20-18-13(2)8-7-9-14(18)3/h7-10H,6,11-12H2,1-5H3,(H,20,23). The van der Waals surface area contributed by atoms with Crippen LogP contribution in [0.15, 0.2) is 24.4 Å². The van der Waals surface area contributed by atoms with Crippen LogP contribution in [0.25, 0.3) is 0 Å². The first kappa shape index (κ1) is 17.2. The van der Waals surface area contributed by atoms with E-state index in [-0.39, 0.29) is 5.91 Å². The van der Waals surface area contributed by atoms with Crippen LogP contribution in [-0.4, -0.2) is 34.2 Å². The maximum Gasteiger partial charge on any atom is 0.238 e. The molecule has 1 aromatic carbocycles. The smallest absolute Gasteiger partial charge is 0.238 e. The molecule has 5 heteroatoms. The number of hydrogen-bond acceptors (Lipinski definition) is 3. The van der Waals surface area contributed by atoms with Crippen molar-refractivity contribution in [3.8, 4) is 0 Å². The number of nitrogens with one attached hydrogen (secondary N) is 1. The van der Waals surface area contributed by atoms with Crippen LogP contribution in [0.3, 0.4) is 0 Å². The van der Waals surface area contributed by atoms with Gasteiger partial charge in [0.25, 0.3) is 0 Å². The number of carbonyl (C=O) groups is 1. The summed E-state index contributed by atoms with van der Waals surface area (Å²) in [7, 11) is 1.95. The maximum atomic E-state index is 12.3. The zero-order chi connectivity index (χ0) is 17.0. The average molecular weight is 314 g/mol. The molecule has 2 aromatic rings. The van der Waals surface area contributed by atoms with E-state index in [4.69, 9.17) is 0 Å². The second-order valence-electron chi connectivity index (χ2n) is 6.06. The second-order valence-corrected chi connectivity index (χ2v) is 6.06. The number of amides is 1. The van der Waals surface area contributed by atoms with Crippen molar-refractivity contribution in [3.05, 3.63) is 46.8 Å². The number of likely N-dealkylation sites (N-methyl/N-ethyl adjacent to an activating group) is 1. The van der Waals surface area contributed by atoms with Gasteiger partial charge in [-0.2, -0.15) is 5.10 Å². The number of hydrogen-bond donors (Lipinski definition) is 1. The van der Waals surface area contributed by atoms with Gasteiger partial charge in [-0.3, -0.25) is 14.4 Å². The first-order valence-electron chi connectivity index (χ1n) is 7.98. The molecule has 0 saturated heterocycles. The highest BCUT2D eigenvalue weighted by Gasteiger charge is 2.12. The van der Waals surface area contributed by atoms with Crippen LogP contribution in [0.2, 0.25) is 0 Å². The fraction of sp³-hybridized carbons (Fsp3) is 0.444. The molecule has 0 aliphatic carbocycles. The molecule has 5 nitrogen and oxygen atoms in total. The molecular formula is C18H26N4O. The van der Waals surface area contributed by atoms with E-state index < -0.39 is 0 Å². The molecule has 1 amide bonds. The summed E-state index contributed by atoms with van der Waals surface area (Å²) in [6, 6.07) is 6.02. The van der Waals surface area contributed by atoms with Crippen molar-refractivity contribution in [2.75, 3.05) is 18.9 Å². The summed E-state index contributed by atoms with van der Waals surface area (Å²) in [5.74, 6) is 0.00503. The van der Waals surface area contributed by atoms with E-state index in [9.17, 15) is 4.79 Å². The van der Waals surface area contributed by atoms with E-state index in [0.717, 1.165) is 34.6 Å². The second kappa shape index (κ2) is 7.42. The number of aromatic nitrogens is 2. The fourth-order valence-electron chi connectivity index (χ4n) is 2.74. The van der Waals surface area contributed by atoms with Gasteiger partial charge < -0.3 is 5.32 Å². The van der Waals surface area contributed by atoms with Gasteiger partial charge in [0.2, 0.25) is 5.91 Å². The number of aryl methyl sites for hydroxylation is 3. The van der Waals surface area contributed by atoms with Crippen LogP contribution in [0.5, 0.6) is 0 Å². The lowest BCUT2D eigenvalue weighted by Gasteiger charge is -2.17. The topological polar surface area (TPSA) is 50.2 Å². The minimum absolute atomic E-state index is 0.00503. The maximum absolute atomic E-state index is 12.3. The minimum atomic E-state index is 0.00503. The lowest BCUT2D eigenvalue weighted by molar-refractivity contribution is -0.117. The van der Waals surface area contributed by atoms with Gasteiger partial charge in [0.1, 0.15) is 0 Å². The quantitative estimate of drug-likeness (QED) is 0.892. The number of benzene rings is 1. The Balaban J connectivity index is 1.96. The predicted molar refractivity (Wildman–Crippen MR) is 93.5 cm³/mol. The van der Waals surface area contributed by atoms with Crippen molar-refractivity contribution in [2.45, 2.75) is 40.8 Å². The Morgan fingerprint density at radius 2 is 1.91 bits per heavy atom. The summed E-state index contributed by atoms with van der Waals surface area (Å²) in [6.45, 7) is 10.1. The van der Waals surface area contributed by atoms with E-state index >= 15 is 0 Å². The van der Waals surface area contributed by atoms with Gasteiger partial charge in [0, 0.05) is 30.0 Å². The number of carbonyl (C=O) groups excluding carboxylic acids is 1. The number of anilines is 1. The van der Waals surface area contributed by atoms with E-state index in [1.807, 2.05) is 54.9 Å². The van der Waals surface area contributed by atoms with Crippen molar-refractivity contribution >= 4 is 11.6 Å². The molecule has 0 fully saturated rings. The Hall–Kier alpha value is -2.14. The van der Waals surface area contributed by atoms with Gasteiger partial charge in [-0.25, -0.2) is 0 Å². The molecule has 23 heavy (non-hydrogen) atoms. The zero-order valence-corrected chi connectivity index (χ0v) is 14.7. The molecule has 0 aliphatic heterocycles. The highest BCUT2D eigenvalue weighted by atomic mass is 16.2. The van der Waals surface area contributed by atoms with Crippen LogP contribution in [0, 0.1) is 20.8 Å². The molecule has 1 heterocycles.